The molecule has 5 heteroatoms. The number of aromatic nitrogens is 3. The van der Waals surface area contributed by atoms with Crippen molar-refractivity contribution in [3.8, 4) is 0 Å². The Morgan fingerprint density at radius 2 is 2.33 bits per heavy atom. The maximum atomic E-state index is 4.09. The van der Waals surface area contributed by atoms with Gasteiger partial charge in [-0.1, -0.05) is 0 Å². The molecule has 0 atom stereocenters. The molecule has 12 heavy (non-hydrogen) atoms. The summed E-state index contributed by atoms with van der Waals surface area (Å²) < 4.78 is 0.974. The topological polar surface area (TPSA) is 53.6 Å². The number of fused-ring (bicyclic) bond motifs is 1. The highest BCUT2D eigenvalue weighted by Crippen LogP contribution is 2.26. The first kappa shape index (κ1) is 7.54. The number of nitrogens with one attached hydrogen (secondary N) is 2. The van der Waals surface area contributed by atoms with E-state index in [0.29, 0.717) is 0 Å². The summed E-state index contributed by atoms with van der Waals surface area (Å²) in [5.74, 6) is 0.827. The zero-order valence-corrected chi connectivity index (χ0v) is 8.01. The number of H-pyrrole nitrogens is 1. The molecule has 0 saturated carbocycles. The number of aromatic amines is 1. The Kier molecular flexibility index (Phi) is 1.73. The highest BCUT2D eigenvalue weighted by molar-refractivity contribution is 9.10. The van der Waals surface area contributed by atoms with E-state index < -0.39 is 0 Å². The number of hydrogen-bond acceptors (Lipinski definition) is 3. The maximum absolute atomic E-state index is 4.09. The molecule has 0 aliphatic heterocycles. The Hall–Kier alpha value is -1.10. The smallest absolute Gasteiger partial charge is 0.144 e. The van der Waals surface area contributed by atoms with Crippen LogP contribution in [0.15, 0.2) is 17.0 Å². The second-order valence-corrected chi connectivity index (χ2v) is 3.19. The average molecular weight is 227 g/mol. The van der Waals surface area contributed by atoms with Crippen LogP contribution in [0.1, 0.15) is 0 Å². The van der Waals surface area contributed by atoms with Crippen LogP contribution in [0.5, 0.6) is 0 Å². The molecule has 2 aromatic rings. The second kappa shape index (κ2) is 2.75. The van der Waals surface area contributed by atoms with Crippen molar-refractivity contribution in [3.05, 3.63) is 17.0 Å². The van der Waals surface area contributed by atoms with Gasteiger partial charge in [0.25, 0.3) is 0 Å². The molecular formula is C7H7BrN4. The predicted molar refractivity (Wildman–Crippen MR) is 51.1 cm³/mol. The molecule has 2 heterocycles. The van der Waals surface area contributed by atoms with Crippen LogP contribution in [0.25, 0.3) is 11.0 Å². The fourth-order valence-corrected chi connectivity index (χ4v) is 1.60. The molecule has 0 saturated heterocycles. The minimum absolute atomic E-state index is 0.827. The predicted octanol–water partition coefficient (Wildman–Crippen LogP) is 1.76. The molecular weight excluding hydrogens is 220 g/mol. The van der Waals surface area contributed by atoms with Crippen molar-refractivity contribution in [1.82, 2.24) is 15.0 Å². The largest absolute Gasteiger partial charge is 0.372 e. The molecule has 2 aromatic heterocycles. The van der Waals surface area contributed by atoms with Gasteiger partial charge in [-0.2, -0.15) is 0 Å². The van der Waals surface area contributed by atoms with Crippen LogP contribution in [0.2, 0.25) is 0 Å². The molecule has 0 bridgehead atoms. The van der Waals surface area contributed by atoms with E-state index in [9.17, 15) is 0 Å². The zero-order valence-electron chi connectivity index (χ0n) is 6.43. The lowest BCUT2D eigenvalue weighted by Gasteiger charge is -1.98. The third kappa shape index (κ3) is 0.972. The van der Waals surface area contributed by atoms with Gasteiger partial charge in [-0.05, 0) is 15.9 Å². The van der Waals surface area contributed by atoms with Crippen molar-refractivity contribution in [1.29, 1.82) is 0 Å². The lowest BCUT2D eigenvalue weighted by Crippen LogP contribution is -1.93. The van der Waals surface area contributed by atoms with Crippen LogP contribution in [0.4, 0.5) is 5.82 Å². The Bertz CT molecular complexity index is 409. The SMILES string of the molecule is CNc1ncnc2[nH]cc(Br)c12. The molecule has 0 aromatic carbocycles. The van der Waals surface area contributed by atoms with Crippen LogP contribution in [0, 0.1) is 0 Å². The molecule has 4 nitrogen and oxygen atoms in total. The van der Waals surface area contributed by atoms with E-state index in [1.165, 1.54) is 6.33 Å². The van der Waals surface area contributed by atoms with Crippen LogP contribution in [-0.4, -0.2) is 22.0 Å². The van der Waals surface area contributed by atoms with Crippen molar-refractivity contribution >= 4 is 32.8 Å². The van der Waals surface area contributed by atoms with Crippen molar-refractivity contribution in [2.75, 3.05) is 12.4 Å². The molecule has 2 N–H and O–H groups in total. The summed E-state index contributed by atoms with van der Waals surface area (Å²) in [5, 5.41) is 3.98. The van der Waals surface area contributed by atoms with E-state index in [1.54, 1.807) is 0 Å². The van der Waals surface area contributed by atoms with Crippen molar-refractivity contribution in [2.24, 2.45) is 0 Å². The summed E-state index contributed by atoms with van der Waals surface area (Å²) >= 11 is 3.41. The van der Waals surface area contributed by atoms with Gasteiger partial charge in [-0.15, -0.1) is 0 Å². The molecule has 0 spiro atoms. The summed E-state index contributed by atoms with van der Waals surface area (Å²) in [5.41, 5.74) is 0.834. The van der Waals surface area contributed by atoms with Crippen molar-refractivity contribution < 1.29 is 0 Å². The molecule has 62 valence electrons. The molecule has 2 rings (SSSR count). The fraction of sp³-hybridized carbons (Fsp3) is 0.143. The van der Waals surface area contributed by atoms with Crippen LogP contribution < -0.4 is 5.32 Å². The van der Waals surface area contributed by atoms with Crippen molar-refractivity contribution in [2.45, 2.75) is 0 Å². The summed E-state index contributed by atoms with van der Waals surface area (Å²) in [6, 6.07) is 0. The van der Waals surface area contributed by atoms with Gasteiger partial charge < -0.3 is 10.3 Å². The van der Waals surface area contributed by atoms with E-state index in [4.69, 9.17) is 0 Å². The lowest BCUT2D eigenvalue weighted by molar-refractivity contribution is 1.19. The summed E-state index contributed by atoms with van der Waals surface area (Å²) in [7, 11) is 1.83. The quantitative estimate of drug-likeness (QED) is 0.780. The Morgan fingerprint density at radius 3 is 3.08 bits per heavy atom. The van der Waals surface area contributed by atoms with Gasteiger partial charge in [0.15, 0.2) is 0 Å². The maximum Gasteiger partial charge on any atom is 0.144 e. The van der Waals surface area contributed by atoms with Gasteiger partial charge in [-0.3, -0.25) is 0 Å². The van der Waals surface area contributed by atoms with Gasteiger partial charge in [0.05, 0.1) is 5.39 Å². The number of halogens is 1. The van der Waals surface area contributed by atoms with Gasteiger partial charge in [-0.25, -0.2) is 9.97 Å². The van der Waals surface area contributed by atoms with Crippen LogP contribution in [-0.2, 0) is 0 Å². The number of hydrogen-bond donors (Lipinski definition) is 2. The van der Waals surface area contributed by atoms with E-state index in [-0.39, 0.29) is 0 Å². The van der Waals surface area contributed by atoms with Crippen LogP contribution >= 0.6 is 15.9 Å². The highest BCUT2D eigenvalue weighted by atomic mass is 79.9. The minimum Gasteiger partial charge on any atom is -0.372 e. The van der Waals surface area contributed by atoms with Gasteiger partial charge >= 0.3 is 0 Å². The number of anilines is 1. The summed E-state index contributed by atoms with van der Waals surface area (Å²) in [6.07, 6.45) is 3.37. The average Bonchev–Trinajstić information content (AvgIpc) is 2.48. The van der Waals surface area contributed by atoms with Gasteiger partial charge in [0.2, 0.25) is 0 Å². The number of rotatable bonds is 1. The normalized spacial score (nSPS) is 10.5. The minimum atomic E-state index is 0.827. The molecule has 0 amide bonds. The molecule has 0 unspecified atom stereocenters. The van der Waals surface area contributed by atoms with Crippen LogP contribution in [0.3, 0.4) is 0 Å². The lowest BCUT2D eigenvalue weighted by atomic mass is 10.4. The highest BCUT2D eigenvalue weighted by Gasteiger charge is 2.06. The molecule has 0 aliphatic carbocycles. The molecule has 0 aliphatic rings. The fourth-order valence-electron chi connectivity index (χ4n) is 1.11. The van der Waals surface area contributed by atoms with E-state index >= 15 is 0 Å². The van der Waals surface area contributed by atoms with Gasteiger partial charge in [0.1, 0.15) is 17.8 Å². The first-order valence-corrected chi connectivity index (χ1v) is 4.27. The summed E-state index contributed by atoms with van der Waals surface area (Å²) in [6.45, 7) is 0. The Morgan fingerprint density at radius 1 is 1.50 bits per heavy atom. The van der Waals surface area contributed by atoms with E-state index in [2.05, 4.69) is 36.2 Å². The van der Waals surface area contributed by atoms with E-state index in [0.717, 1.165) is 21.3 Å². The molecule has 0 radical (unpaired) electrons. The standard InChI is InChI=1S/C7H7BrN4/c1-9-6-5-4(8)2-10-7(5)12-3-11-6/h2-3H,1H3,(H2,9,10,11,12). The number of nitrogens with zero attached hydrogens (tertiary/aromatic N) is 2. The monoisotopic (exact) mass is 226 g/mol. The van der Waals surface area contributed by atoms with E-state index in [1.807, 2.05) is 13.2 Å². The van der Waals surface area contributed by atoms with Gasteiger partial charge in [0, 0.05) is 17.7 Å². The Balaban J connectivity index is 2.84. The Labute approximate surface area is 77.5 Å². The second-order valence-electron chi connectivity index (χ2n) is 2.33. The third-order valence-corrected chi connectivity index (χ3v) is 2.28. The first-order valence-electron chi connectivity index (χ1n) is 3.48. The zero-order chi connectivity index (χ0) is 8.55. The summed E-state index contributed by atoms with van der Waals surface area (Å²) in [4.78, 5) is 11.2. The molecule has 0 fully saturated rings. The third-order valence-electron chi connectivity index (χ3n) is 1.66. The van der Waals surface area contributed by atoms with Crippen molar-refractivity contribution in [3.63, 3.8) is 0 Å². The first-order chi connectivity index (χ1) is 5.83.